The molecule has 2 aromatic rings. The third-order valence-corrected chi connectivity index (χ3v) is 6.25. The highest BCUT2D eigenvalue weighted by Gasteiger charge is 2.21. The molecule has 3 rings (SSSR count). The van der Waals surface area contributed by atoms with Gasteiger partial charge in [-0.25, -0.2) is 0 Å². The van der Waals surface area contributed by atoms with Crippen LogP contribution in [0.2, 0.25) is 5.02 Å². The predicted octanol–water partition coefficient (Wildman–Crippen LogP) is 3.37. The molecule has 0 aliphatic carbocycles. The fourth-order valence-electron chi connectivity index (χ4n) is 2.90. The number of rotatable bonds is 6. The topological polar surface area (TPSA) is 58.1 Å². The van der Waals surface area contributed by atoms with E-state index in [1.54, 1.807) is 0 Å². The quantitative estimate of drug-likeness (QED) is 0.758. The van der Waals surface area contributed by atoms with Crippen molar-refractivity contribution in [3.8, 4) is 0 Å². The molecule has 1 atom stereocenters. The standard InChI is InChI=1S/C17H21ClN4OS2/c1-12-20-21-17(25-12)24-11-16(23)19-15-3-2-8-22(10-15)9-13-4-6-14(18)7-5-13/h4-7,15H,2-3,8-11H2,1H3,(H,19,23). The number of halogens is 1. The number of amides is 1. The summed E-state index contributed by atoms with van der Waals surface area (Å²) >= 11 is 8.91. The monoisotopic (exact) mass is 396 g/mol. The highest BCUT2D eigenvalue weighted by atomic mass is 35.5. The molecule has 1 aromatic heterocycles. The molecule has 1 aliphatic heterocycles. The van der Waals surface area contributed by atoms with Gasteiger partial charge in [-0.05, 0) is 44.0 Å². The van der Waals surface area contributed by atoms with Gasteiger partial charge >= 0.3 is 0 Å². The normalized spacial score (nSPS) is 18.2. The predicted molar refractivity (Wildman–Crippen MR) is 103 cm³/mol. The first kappa shape index (κ1) is 18.6. The number of aromatic nitrogens is 2. The van der Waals surface area contributed by atoms with E-state index in [0.29, 0.717) is 5.75 Å². The van der Waals surface area contributed by atoms with E-state index in [2.05, 4.69) is 32.5 Å². The molecule has 1 aliphatic rings. The summed E-state index contributed by atoms with van der Waals surface area (Å²) in [4.78, 5) is 14.6. The molecule has 1 saturated heterocycles. The van der Waals surface area contributed by atoms with Gasteiger partial charge in [-0.2, -0.15) is 0 Å². The Labute approximate surface area is 161 Å². The highest BCUT2D eigenvalue weighted by molar-refractivity contribution is 8.01. The van der Waals surface area contributed by atoms with Crippen LogP contribution >= 0.6 is 34.7 Å². The lowest BCUT2D eigenvalue weighted by Gasteiger charge is -2.33. The van der Waals surface area contributed by atoms with Crippen LogP contribution < -0.4 is 5.32 Å². The molecule has 0 bridgehead atoms. The van der Waals surface area contributed by atoms with Gasteiger partial charge < -0.3 is 5.32 Å². The molecule has 25 heavy (non-hydrogen) atoms. The minimum absolute atomic E-state index is 0.0659. The molecule has 1 fully saturated rings. The van der Waals surface area contributed by atoms with E-state index >= 15 is 0 Å². The van der Waals surface area contributed by atoms with E-state index in [1.165, 1.54) is 28.7 Å². The molecular formula is C17H21ClN4OS2. The lowest BCUT2D eigenvalue weighted by molar-refractivity contribution is -0.119. The zero-order valence-corrected chi connectivity index (χ0v) is 16.5. The number of carbonyl (C=O) groups is 1. The Morgan fingerprint density at radius 2 is 2.20 bits per heavy atom. The van der Waals surface area contributed by atoms with Gasteiger partial charge in [0.05, 0.1) is 5.75 Å². The highest BCUT2D eigenvalue weighted by Crippen LogP contribution is 2.21. The van der Waals surface area contributed by atoms with Crippen LogP contribution in [0.1, 0.15) is 23.4 Å². The minimum atomic E-state index is 0.0659. The van der Waals surface area contributed by atoms with Gasteiger partial charge in [0, 0.05) is 24.2 Å². The summed E-state index contributed by atoms with van der Waals surface area (Å²) in [6, 6.07) is 8.18. The Morgan fingerprint density at radius 1 is 1.40 bits per heavy atom. The number of hydrogen-bond donors (Lipinski definition) is 1. The van der Waals surface area contributed by atoms with E-state index in [9.17, 15) is 4.79 Å². The number of aryl methyl sites for hydroxylation is 1. The molecular weight excluding hydrogens is 376 g/mol. The smallest absolute Gasteiger partial charge is 0.230 e. The molecule has 1 amide bonds. The Kier molecular flexibility index (Phi) is 6.70. The van der Waals surface area contributed by atoms with Gasteiger partial charge in [-0.1, -0.05) is 46.8 Å². The van der Waals surface area contributed by atoms with Crippen LogP contribution in [0, 0.1) is 6.92 Å². The number of benzene rings is 1. The summed E-state index contributed by atoms with van der Waals surface area (Å²) in [6.07, 6.45) is 2.13. The molecule has 0 radical (unpaired) electrons. The molecule has 1 aromatic carbocycles. The van der Waals surface area contributed by atoms with Gasteiger partial charge in [0.15, 0.2) is 4.34 Å². The van der Waals surface area contributed by atoms with E-state index in [-0.39, 0.29) is 11.9 Å². The van der Waals surface area contributed by atoms with Gasteiger partial charge in [0.1, 0.15) is 5.01 Å². The maximum absolute atomic E-state index is 12.2. The molecule has 134 valence electrons. The molecule has 1 unspecified atom stereocenters. The van der Waals surface area contributed by atoms with Crippen molar-refractivity contribution in [3.05, 3.63) is 39.9 Å². The van der Waals surface area contributed by atoms with Crippen LogP contribution in [0.15, 0.2) is 28.6 Å². The molecule has 2 heterocycles. The third kappa shape index (κ3) is 5.95. The number of piperidine rings is 1. The Bertz CT molecular complexity index is 707. The summed E-state index contributed by atoms with van der Waals surface area (Å²) < 4.78 is 0.848. The number of thioether (sulfide) groups is 1. The van der Waals surface area contributed by atoms with Crippen LogP contribution in [0.3, 0.4) is 0 Å². The summed E-state index contributed by atoms with van der Waals surface area (Å²) in [6.45, 7) is 4.76. The second-order valence-electron chi connectivity index (χ2n) is 6.14. The first-order chi connectivity index (χ1) is 12.1. The van der Waals surface area contributed by atoms with Gasteiger partial charge in [-0.3, -0.25) is 9.69 Å². The summed E-state index contributed by atoms with van der Waals surface area (Å²) in [5.74, 6) is 0.457. The van der Waals surface area contributed by atoms with Crippen LogP contribution in [0.4, 0.5) is 0 Å². The van der Waals surface area contributed by atoms with Crippen molar-refractivity contribution in [3.63, 3.8) is 0 Å². The maximum atomic E-state index is 12.2. The Balaban J connectivity index is 1.44. The van der Waals surface area contributed by atoms with Gasteiger partial charge in [0.2, 0.25) is 5.91 Å². The van der Waals surface area contributed by atoms with Crippen molar-refractivity contribution in [1.29, 1.82) is 0 Å². The van der Waals surface area contributed by atoms with Crippen molar-refractivity contribution in [2.45, 2.75) is 36.7 Å². The SMILES string of the molecule is Cc1nnc(SCC(=O)NC2CCCN(Cc3ccc(Cl)cc3)C2)s1. The zero-order valence-electron chi connectivity index (χ0n) is 14.1. The minimum Gasteiger partial charge on any atom is -0.351 e. The summed E-state index contributed by atoms with van der Waals surface area (Å²) in [5.41, 5.74) is 1.25. The molecule has 0 spiro atoms. The fraction of sp³-hybridized carbons (Fsp3) is 0.471. The van der Waals surface area contributed by atoms with Crippen molar-refractivity contribution in [1.82, 2.24) is 20.4 Å². The second-order valence-corrected chi connectivity index (χ2v) is 8.98. The molecule has 1 N–H and O–H groups in total. The third-order valence-electron chi connectivity index (χ3n) is 4.02. The molecule has 5 nitrogen and oxygen atoms in total. The van der Waals surface area contributed by atoms with E-state index < -0.39 is 0 Å². The molecule has 8 heteroatoms. The Hall–Kier alpha value is -1.15. The number of hydrogen-bond acceptors (Lipinski definition) is 6. The summed E-state index contributed by atoms with van der Waals surface area (Å²) in [5, 5.41) is 12.8. The lowest BCUT2D eigenvalue weighted by atomic mass is 10.0. The second kappa shape index (κ2) is 8.98. The van der Waals surface area contributed by atoms with Crippen molar-refractivity contribution in [2.24, 2.45) is 0 Å². The van der Waals surface area contributed by atoms with Gasteiger partial charge in [0.25, 0.3) is 0 Å². The van der Waals surface area contributed by atoms with Crippen molar-refractivity contribution in [2.75, 3.05) is 18.8 Å². The fourth-order valence-corrected chi connectivity index (χ4v) is 4.65. The number of carbonyl (C=O) groups excluding carboxylic acids is 1. The van der Waals surface area contributed by atoms with E-state index in [1.807, 2.05) is 19.1 Å². The first-order valence-corrected chi connectivity index (χ1v) is 10.5. The van der Waals surface area contributed by atoms with Gasteiger partial charge in [-0.15, -0.1) is 10.2 Å². The maximum Gasteiger partial charge on any atom is 0.230 e. The van der Waals surface area contributed by atoms with E-state index in [0.717, 1.165) is 46.8 Å². The number of likely N-dealkylation sites (tertiary alicyclic amines) is 1. The Morgan fingerprint density at radius 3 is 2.92 bits per heavy atom. The number of nitrogens with zero attached hydrogens (tertiary/aromatic N) is 3. The lowest BCUT2D eigenvalue weighted by Crippen LogP contribution is -2.47. The van der Waals surface area contributed by atoms with Crippen LogP contribution in [-0.4, -0.2) is 45.9 Å². The summed E-state index contributed by atoms with van der Waals surface area (Å²) in [7, 11) is 0. The van der Waals surface area contributed by atoms with E-state index in [4.69, 9.17) is 11.6 Å². The van der Waals surface area contributed by atoms with Crippen LogP contribution in [0.5, 0.6) is 0 Å². The first-order valence-electron chi connectivity index (χ1n) is 8.27. The largest absolute Gasteiger partial charge is 0.351 e. The average molecular weight is 397 g/mol. The van der Waals surface area contributed by atoms with Crippen molar-refractivity contribution >= 4 is 40.6 Å². The van der Waals surface area contributed by atoms with Crippen LogP contribution in [-0.2, 0) is 11.3 Å². The zero-order chi connectivity index (χ0) is 17.6. The van der Waals surface area contributed by atoms with Crippen LogP contribution in [0.25, 0.3) is 0 Å². The number of nitrogens with one attached hydrogen (secondary N) is 1. The molecule has 0 saturated carbocycles. The van der Waals surface area contributed by atoms with Crippen molar-refractivity contribution < 1.29 is 4.79 Å². The average Bonchev–Trinajstić information content (AvgIpc) is 3.01.